The van der Waals surface area contributed by atoms with Crippen molar-refractivity contribution in [2.24, 2.45) is 0 Å². The zero-order chi connectivity index (χ0) is 32.4. The minimum Gasteiger partial charge on any atom is -0.0622 e. The summed E-state index contributed by atoms with van der Waals surface area (Å²) in [5, 5.41) is 5.08. The van der Waals surface area contributed by atoms with E-state index in [0.29, 0.717) is 0 Å². The smallest absolute Gasteiger partial charge is 0.0348 e. The highest BCUT2D eigenvalue weighted by Crippen LogP contribution is 2.33. The number of rotatable bonds is 6. The Morgan fingerprint density at radius 1 is 0.250 bits per heavy atom. The summed E-state index contributed by atoms with van der Waals surface area (Å²) in [6.07, 6.45) is 0. The van der Waals surface area contributed by atoms with Crippen molar-refractivity contribution in [3.63, 3.8) is 0 Å². The van der Waals surface area contributed by atoms with Gasteiger partial charge in [0.15, 0.2) is 0 Å². The van der Waals surface area contributed by atoms with Crippen LogP contribution in [0.4, 0.5) is 0 Å². The van der Waals surface area contributed by atoms with E-state index in [1.54, 1.807) is 0 Å². The Labute approximate surface area is 286 Å². The largest absolute Gasteiger partial charge is 0.0622 e. The Kier molecular flexibility index (Phi) is 9.99. The van der Waals surface area contributed by atoms with E-state index in [1.807, 2.05) is 0 Å². The van der Waals surface area contributed by atoms with E-state index in [9.17, 15) is 0 Å². The Morgan fingerprint density at radius 3 is 0.729 bits per heavy atom. The normalized spacial score (nSPS) is 10.5. The van der Waals surface area contributed by atoms with Gasteiger partial charge in [0.1, 0.15) is 0 Å². The maximum atomic E-state index is 3.59. The van der Waals surface area contributed by atoms with E-state index in [0.717, 1.165) is 11.1 Å². The second kappa shape index (κ2) is 15.4. The Morgan fingerprint density at radius 2 is 0.479 bits per heavy atom. The second-order valence-corrected chi connectivity index (χ2v) is 15.1. The second-order valence-electron chi connectivity index (χ2n) is 11.2. The quantitative estimate of drug-likeness (QED) is 0.125. The molecule has 7 aromatic rings. The van der Waals surface area contributed by atoms with Crippen molar-refractivity contribution in [3.8, 4) is 45.4 Å². The lowest BCUT2D eigenvalue weighted by atomic mass is 9.99. The van der Waals surface area contributed by atoms with Crippen LogP contribution in [0.15, 0.2) is 194 Å². The van der Waals surface area contributed by atoms with Crippen LogP contribution in [-0.2, 0) is 0 Å². The molecule has 7 aromatic carbocycles. The van der Waals surface area contributed by atoms with Crippen LogP contribution in [0.2, 0.25) is 0 Å². The van der Waals surface area contributed by atoms with Crippen LogP contribution in [-0.4, -0.2) is 0 Å². The van der Waals surface area contributed by atoms with Crippen molar-refractivity contribution in [3.05, 3.63) is 205 Å². The maximum absolute atomic E-state index is 3.59. The first-order valence-electron chi connectivity index (χ1n) is 15.9. The van der Waals surface area contributed by atoms with Crippen molar-refractivity contribution in [2.75, 3.05) is 0 Å². The molecule has 0 saturated carbocycles. The van der Waals surface area contributed by atoms with Crippen molar-refractivity contribution in [2.45, 2.75) is 0 Å². The monoisotopic (exact) mass is 646 g/mol. The molecule has 0 amide bonds. The first-order valence-corrected chi connectivity index (χ1v) is 18.6. The summed E-state index contributed by atoms with van der Waals surface area (Å²) in [7, 11) is -1.49. The molecule has 48 heavy (non-hydrogen) atoms. The van der Waals surface area contributed by atoms with Crippen molar-refractivity contribution < 1.29 is 0 Å². The van der Waals surface area contributed by atoms with Crippen LogP contribution >= 0.6 is 15.8 Å². The lowest BCUT2D eigenvalue weighted by Gasteiger charge is -2.11. The molecule has 0 aromatic heterocycles. The van der Waals surface area contributed by atoms with E-state index >= 15 is 0 Å². The van der Waals surface area contributed by atoms with Gasteiger partial charge in [-0.2, -0.15) is 0 Å². The van der Waals surface area contributed by atoms with Gasteiger partial charge in [-0.1, -0.05) is 193 Å². The summed E-state index contributed by atoms with van der Waals surface area (Å²) < 4.78 is 0. The predicted octanol–water partition coefficient (Wildman–Crippen LogP) is 9.90. The Hall–Kier alpha value is -5.48. The van der Waals surface area contributed by atoms with Crippen LogP contribution < -0.4 is 21.2 Å². The van der Waals surface area contributed by atoms with E-state index in [2.05, 4.69) is 217 Å². The fraction of sp³-hybridized carbons (Fsp3) is 0. The van der Waals surface area contributed by atoms with Crippen LogP contribution in [0, 0.1) is 23.2 Å². The number of hydrogen-bond acceptors (Lipinski definition) is 0. The van der Waals surface area contributed by atoms with Gasteiger partial charge in [0.05, 0.1) is 0 Å². The molecule has 0 aliphatic heterocycles. The van der Waals surface area contributed by atoms with Crippen LogP contribution in [0.3, 0.4) is 0 Å². The van der Waals surface area contributed by atoms with Crippen molar-refractivity contribution in [1.82, 2.24) is 0 Å². The first-order chi connectivity index (χ1) is 23.8. The van der Waals surface area contributed by atoms with Crippen molar-refractivity contribution in [1.29, 1.82) is 0 Å². The van der Waals surface area contributed by atoms with E-state index in [-0.39, 0.29) is 0 Å². The average molecular weight is 647 g/mol. The molecule has 0 fully saturated rings. The van der Waals surface area contributed by atoms with Gasteiger partial charge >= 0.3 is 0 Å². The lowest BCUT2D eigenvalue weighted by Crippen LogP contribution is -2.09. The molecule has 0 atom stereocenters. The zero-order valence-electron chi connectivity index (χ0n) is 26.4. The zero-order valence-corrected chi connectivity index (χ0v) is 28.2. The summed E-state index contributed by atoms with van der Waals surface area (Å²) in [5.74, 6) is 6.91. The summed E-state index contributed by atoms with van der Waals surface area (Å²) in [6.45, 7) is 0. The fourth-order valence-corrected chi connectivity index (χ4v) is 8.93. The average Bonchev–Trinajstić information content (AvgIpc) is 3.17. The van der Waals surface area contributed by atoms with Crippen LogP contribution in [0.1, 0.15) is 11.1 Å². The van der Waals surface area contributed by atoms with Gasteiger partial charge in [0.25, 0.3) is 0 Å². The summed E-state index contributed by atoms with van der Waals surface area (Å²) in [5.41, 5.74) is 14.0. The van der Waals surface area contributed by atoms with E-state index in [4.69, 9.17) is 0 Å². The molecule has 0 aliphatic carbocycles. The van der Waals surface area contributed by atoms with Crippen molar-refractivity contribution >= 4 is 37.1 Å². The fourth-order valence-electron chi connectivity index (χ4n) is 5.45. The molecular formula is C46H32P2. The van der Waals surface area contributed by atoms with Gasteiger partial charge in [-0.05, 0) is 67.7 Å². The minimum atomic E-state index is -0.747. The Bertz CT molecular complexity index is 1940. The van der Waals surface area contributed by atoms with Gasteiger partial charge in [0.2, 0.25) is 0 Å². The van der Waals surface area contributed by atoms with Gasteiger partial charge in [-0.3, -0.25) is 0 Å². The standard InChI is InChI=1S/C46H32P2/c1-5-13-43(14-6-1)47(44-15-7-2-8-16-44)35-33-37-21-25-39(26-22-37)41-29-31-42(32-30-41)40-27-23-38(24-28-40)34-36-48(45-17-9-3-10-18-45)46-19-11-4-12-20-46/h1-32H. The SMILES string of the molecule is C(#CP(c1ccccc1)c1ccccc1)c1ccc(-c2ccc(-c3ccc(C#CP(c4ccccc4)c4ccccc4)cc3)cc2)cc1. The summed E-state index contributed by atoms with van der Waals surface area (Å²) >= 11 is 0. The molecule has 226 valence electrons. The van der Waals surface area contributed by atoms with Crippen LogP contribution in [0.5, 0.6) is 0 Å². The molecular weight excluding hydrogens is 614 g/mol. The molecule has 0 radical (unpaired) electrons. The highest BCUT2D eigenvalue weighted by molar-refractivity contribution is 7.77. The molecule has 0 nitrogen and oxygen atoms in total. The third kappa shape index (κ3) is 7.72. The van der Waals surface area contributed by atoms with Gasteiger partial charge < -0.3 is 0 Å². The number of benzene rings is 7. The molecule has 0 aliphatic rings. The Balaban J connectivity index is 1.05. The van der Waals surface area contributed by atoms with E-state index < -0.39 is 15.8 Å². The van der Waals surface area contributed by atoms with E-state index in [1.165, 1.54) is 43.5 Å². The summed E-state index contributed by atoms with van der Waals surface area (Å²) in [6, 6.07) is 68.3. The molecule has 0 bridgehead atoms. The molecule has 7 rings (SSSR count). The third-order valence-corrected chi connectivity index (χ3v) is 11.9. The van der Waals surface area contributed by atoms with Gasteiger partial charge in [-0.25, -0.2) is 0 Å². The highest BCUT2D eigenvalue weighted by Gasteiger charge is 2.11. The lowest BCUT2D eigenvalue weighted by molar-refractivity contribution is 1.57. The topological polar surface area (TPSA) is 0 Å². The predicted molar refractivity (Wildman–Crippen MR) is 209 cm³/mol. The maximum Gasteiger partial charge on any atom is 0.0348 e. The molecule has 0 N–H and O–H groups in total. The molecule has 0 saturated heterocycles. The number of hydrogen-bond donors (Lipinski definition) is 0. The molecule has 2 heteroatoms. The van der Waals surface area contributed by atoms with Gasteiger partial charge in [0, 0.05) is 27.0 Å². The molecule has 0 unspecified atom stereocenters. The third-order valence-electron chi connectivity index (χ3n) is 8.00. The van der Waals surface area contributed by atoms with Gasteiger partial charge in [-0.15, -0.1) is 0 Å². The molecule has 0 spiro atoms. The highest BCUT2D eigenvalue weighted by atomic mass is 31.1. The minimum absolute atomic E-state index is 0.747. The first kappa shape index (κ1) is 31.1. The molecule has 0 heterocycles. The summed E-state index contributed by atoms with van der Waals surface area (Å²) in [4.78, 5) is 0. The van der Waals surface area contributed by atoms with Crippen LogP contribution in [0.25, 0.3) is 22.3 Å².